The van der Waals surface area contributed by atoms with Crippen molar-refractivity contribution in [1.82, 2.24) is 14.5 Å². The lowest BCUT2D eigenvalue weighted by Gasteiger charge is -2.32. The van der Waals surface area contributed by atoms with E-state index in [4.69, 9.17) is 11.6 Å². The molecule has 2 atom stereocenters. The molecular formula is C28H34ClN3O4S. The van der Waals surface area contributed by atoms with E-state index < -0.39 is 28.5 Å². The maximum Gasteiger partial charge on any atom is 0.243 e. The first kappa shape index (κ1) is 28.6. The van der Waals surface area contributed by atoms with Gasteiger partial charge >= 0.3 is 0 Å². The number of carbonyl (C=O) groups excluding carboxylic acids is 2. The van der Waals surface area contributed by atoms with Crippen molar-refractivity contribution >= 4 is 44.2 Å². The molecule has 7 nitrogen and oxygen atoms in total. The highest BCUT2D eigenvalue weighted by molar-refractivity contribution is 7.89. The molecule has 0 saturated carbocycles. The minimum atomic E-state index is -3.95. The average Bonchev–Trinajstić information content (AvgIpc) is 2.89. The van der Waals surface area contributed by atoms with Crippen LogP contribution < -0.4 is 5.32 Å². The van der Waals surface area contributed by atoms with Crippen LogP contribution in [0, 0.1) is 0 Å². The number of likely N-dealkylation sites (N-methyl/N-ethyl adjacent to an activating group) is 1. The number of hydrogen-bond acceptors (Lipinski definition) is 4. The van der Waals surface area contributed by atoms with E-state index in [1.54, 1.807) is 42.5 Å². The fraction of sp³-hybridized carbons (Fsp3) is 0.357. The van der Waals surface area contributed by atoms with Gasteiger partial charge in [-0.3, -0.25) is 9.59 Å². The Morgan fingerprint density at radius 3 is 2.22 bits per heavy atom. The van der Waals surface area contributed by atoms with E-state index in [-0.39, 0.29) is 23.4 Å². The molecule has 37 heavy (non-hydrogen) atoms. The van der Waals surface area contributed by atoms with Gasteiger partial charge in [0.2, 0.25) is 21.8 Å². The van der Waals surface area contributed by atoms with Crippen molar-refractivity contribution < 1.29 is 18.0 Å². The Bertz CT molecular complexity index is 1350. The predicted octanol–water partition coefficient (Wildman–Crippen LogP) is 4.84. The summed E-state index contributed by atoms with van der Waals surface area (Å²) < 4.78 is 27.7. The van der Waals surface area contributed by atoms with Gasteiger partial charge in [0.1, 0.15) is 6.04 Å². The zero-order valence-electron chi connectivity index (χ0n) is 21.6. The molecule has 3 rings (SSSR count). The number of rotatable bonds is 11. The second-order valence-electron chi connectivity index (χ2n) is 9.16. The molecule has 0 radical (unpaired) electrons. The highest BCUT2D eigenvalue weighted by Gasteiger charge is 2.32. The third kappa shape index (κ3) is 7.09. The van der Waals surface area contributed by atoms with Gasteiger partial charge in [-0.15, -0.1) is 0 Å². The Kier molecular flexibility index (Phi) is 9.70. The number of nitrogens with one attached hydrogen (secondary N) is 1. The topological polar surface area (TPSA) is 86.8 Å². The standard InChI is InChI=1S/C28H34ClN3O4S/c1-5-20(3)30-28(34)26(6-2)32(18-21-11-14-24(29)15-12-21)27(33)19-31(4)37(35,36)25-16-13-22-9-7-8-10-23(22)17-25/h7-17,20,26H,5-6,18-19H2,1-4H3,(H,30,34). The maximum atomic E-state index is 13.6. The molecule has 2 amide bonds. The number of fused-ring (bicyclic) bond motifs is 1. The lowest BCUT2D eigenvalue weighted by atomic mass is 10.1. The van der Waals surface area contributed by atoms with Crippen molar-refractivity contribution in [2.24, 2.45) is 0 Å². The van der Waals surface area contributed by atoms with Gasteiger partial charge in [0, 0.05) is 24.7 Å². The second kappa shape index (κ2) is 12.5. The Labute approximate surface area is 224 Å². The lowest BCUT2D eigenvalue weighted by Crippen LogP contribution is -2.53. The highest BCUT2D eigenvalue weighted by Crippen LogP contribution is 2.22. The molecule has 0 aliphatic carbocycles. The number of nitrogens with zero attached hydrogens (tertiary/aromatic N) is 2. The van der Waals surface area contributed by atoms with E-state index in [0.29, 0.717) is 11.4 Å². The summed E-state index contributed by atoms with van der Waals surface area (Å²) in [6.45, 7) is 5.44. The van der Waals surface area contributed by atoms with Crippen LogP contribution in [-0.4, -0.2) is 55.1 Å². The van der Waals surface area contributed by atoms with Crippen molar-refractivity contribution in [2.45, 2.75) is 57.1 Å². The minimum Gasteiger partial charge on any atom is -0.352 e. The highest BCUT2D eigenvalue weighted by atomic mass is 35.5. The summed E-state index contributed by atoms with van der Waals surface area (Å²) in [7, 11) is -2.57. The molecule has 9 heteroatoms. The summed E-state index contributed by atoms with van der Waals surface area (Å²) in [6.07, 6.45) is 1.13. The third-order valence-corrected chi connectivity index (χ3v) is 8.49. The Hall–Kier alpha value is -2.94. The smallest absolute Gasteiger partial charge is 0.243 e. The van der Waals surface area contributed by atoms with Gasteiger partial charge in [0.15, 0.2) is 0 Å². The molecule has 0 aromatic heterocycles. The Morgan fingerprint density at radius 1 is 0.946 bits per heavy atom. The zero-order chi connectivity index (χ0) is 27.2. The number of hydrogen-bond donors (Lipinski definition) is 1. The van der Waals surface area contributed by atoms with Gasteiger partial charge in [-0.1, -0.05) is 67.9 Å². The van der Waals surface area contributed by atoms with E-state index in [1.165, 1.54) is 11.9 Å². The first-order chi connectivity index (χ1) is 17.6. The largest absolute Gasteiger partial charge is 0.352 e. The summed E-state index contributed by atoms with van der Waals surface area (Å²) in [6, 6.07) is 18.6. The molecule has 3 aromatic rings. The molecule has 0 bridgehead atoms. The molecular weight excluding hydrogens is 510 g/mol. The van der Waals surface area contributed by atoms with E-state index >= 15 is 0 Å². The summed E-state index contributed by atoms with van der Waals surface area (Å²) >= 11 is 6.02. The van der Waals surface area contributed by atoms with Gasteiger partial charge in [0.25, 0.3) is 0 Å². The minimum absolute atomic E-state index is 0.0509. The Balaban J connectivity index is 1.88. The number of benzene rings is 3. The average molecular weight is 544 g/mol. The van der Waals surface area contributed by atoms with Crippen molar-refractivity contribution in [3.63, 3.8) is 0 Å². The molecule has 0 fully saturated rings. The van der Waals surface area contributed by atoms with Gasteiger partial charge < -0.3 is 10.2 Å². The number of sulfonamides is 1. The fourth-order valence-corrected chi connectivity index (χ4v) is 5.30. The summed E-state index contributed by atoms with van der Waals surface area (Å²) in [4.78, 5) is 28.2. The van der Waals surface area contributed by atoms with Gasteiger partial charge in [-0.25, -0.2) is 8.42 Å². The Morgan fingerprint density at radius 2 is 1.59 bits per heavy atom. The first-order valence-corrected chi connectivity index (χ1v) is 14.2. The number of carbonyl (C=O) groups is 2. The summed E-state index contributed by atoms with van der Waals surface area (Å²) in [5.74, 6) is -0.729. The molecule has 0 spiro atoms. The van der Waals surface area contributed by atoms with E-state index in [2.05, 4.69) is 5.32 Å². The maximum absolute atomic E-state index is 13.6. The first-order valence-electron chi connectivity index (χ1n) is 12.4. The van der Waals surface area contributed by atoms with Gasteiger partial charge in [-0.2, -0.15) is 4.31 Å². The molecule has 198 valence electrons. The van der Waals surface area contributed by atoms with Crippen LogP contribution in [0.3, 0.4) is 0 Å². The summed E-state index contributed by atoms with van der Waals surface area (Å²) in [5, 5.41) is 5.23. The fourth-order valence-electron chi connectivity index (χ4n) is 4.02. The van der Waals surface area contributed by atoms with E-state index in [9.17, 15) is 18.0 Å². The van der Waals surface area contributed by atoms with Gasteiger partial charge in [0.05, 0.1) is 11.4 Å². The molecule has 1 N–H and O–H groups in total. The molecule has 0 saturated heterocycles. The van der Waals surface area contributed by atoms with Crippen LogP contribution in [0.2, 0.25) is 5.02 Å². The number of halogens is 1. The predicted molar refractivity (Wildman–Crippen MR) is 148 cm³/mol. The zero-order valence-corrected chi connectivity index (χ0v) is 23.2. The molecule has 0 heterocycles. The van der Waals surface area contributed by atoms with Crippen LogP contribution in [0.4, 0.5) is 0 Å². The normalized spacial score (nSPS) is 13.4. The number of amides is 2. The van der Waals surface area contributed by atoms with Gasteiger partial charge in [-0.05, 0) is 60.4 Å². The van der Waals surface area contributed by atoms with E-state index in [0.717, 1.165) is 27.1 Å². The third-order valence-electron chi connectivity index (χ3n) is 6.44. The van der Waals surface area contributed by atoms with Crippen molar-refractivity contribution in [3.8, 4) is 0 Å². The van der Waals surface area contributed by atoms with Crippen LogP contribution in [-0.2, 0) is 26.2 Å². The molecule has 3 aromatic carbocycles. The van der Waals surface area contributed by atoms with Crippen LogP contribution in [0.5, 0.6) is 0 Å². The van der Waals surface area contributed by atoms with E-state index in [1.807, 2.05) is 45.0 Å². The lowest BCUT2D eigenvalue weighted by molar-refractivity contribution is -0.141. The quantitative estimate of drug-likeness (QED) is 0.375. The van der Waals surface area contributed by atoms with Crippen molar-refractivity contribution in [1.29, 1.82) is 0 Å². The summed E-state index contributed by atoms with van der Waals surface area (Å²) in [5.41, 5.74) is 0.785. The monoisotopic (exact) mass is 543 g/mol. The van der Waals surface area contributed by atoms with Crippen LogP contribution in [0.15, 0.2) is 71.6 Å². The SMILES string of the molecule is CCC(C)NC(=O)C(CC)N(Cc1ccc(Cl)cc1)C(=O)CN(C)S(=O)(=O)c1ccc2ccccc2c1. The molecule has 2 unspecified atom stereocenters. The van der Waals surface area contributed by atoms with Crippen molar-refractivity contribution in [3.05, 3.63) is 77.3 Å². The van der Waals surface area contributed by atoms with Crippen LogP contribution >= 0.6 is 11.6 Å². The second-order valence-corrected chi connectivity index (χ2v) is 11.6. The molecule has 0 aliphatic heterocycles. The van der Waals surface area contributed by atoms with Crippen LogP contribution in [0.25, 0.3) is 10.8 Å². The van der Waals surface area contributed by atoms with Crippen LogP contribution in [0.1, 0.15) is 39.2 Å². The molecule has 0 aliphatic rings. The van der Waals surface area contributed by atoms with Crippen molar-refractivity contribution in [2.75, 3.05) is 13.6 Å².